The Hall–Kier alpha value is -0.930. The van der Waals surface area contributed by atoms with E-state index in [0.29, 0.717) is 18.5 Å². The molecule has 0 spiro atoms. The lowest BCUT2D eigenvalue weighted by Gasteiger charge is -2.08. The first-order chi connectivity index (χ1) is 5.74. The molecule has 0 heterocycles. The predicted molar refractivity (Wildman–Crippen MR) is 47.1 cm³/mol. The number of rotatable bonds is 3. The summed E-state index contributed by atoms with van der Waals surface area (Å²) in [5.74, 6) is -0.207. The molecule has 0 saturated carbocycles. The first kappa shape index (κ1) is 9.16. The van der Waals surface area contributed by atoms with Crippen molar-refractivity contribution in [2.45, 2.75) is 12.5 Å². The van der Waals surface area contributed by atoms with Crippen LogP contribution in [0.3, 0.4) is 0 Å². The molecule has 3 heteroatoms. The zero-order valence-electron chi connectivity index (χ0n) is 6.83. The van der Waals surface area contributed by atoms with Gasteiger partial charge in [0.2, 0.25) is 0 Å². The lowest BCUT2D eigenvalue weighted by Crippen LogP contribution is -2.31. The molecule has 0 aromatic heterocycles. The highest BCUT2D eigenvalue weighted by Gasteiger charge is 2.04. The van der Waals surface area contributed by atoms with Crippen LogP contribution in [0.25, 0.3) is 0 Å². The van der Waals surface area contributed by atoms with Crippen LogP contribution in [-0.2, 0) is 6.42 Å². The summed E-state index contributed by atoms with van der Waals surface area (Å²) >= 11 is 0. The van der Waals surface area contributed by atoms with Crippen molar-refractivity contribution in [3.8, 4) is 0 Å². The van der Waals surface area contributed by atoms with E-state index in [1.54, 1.807) is 18.2 Å². The topological polar surface area (TPSA) is 52.0 Å². The molecule has 1 aromatic carbocycles. The van der Waals surface area contributed by atoms with Gasteiger partial charge in [-0.25, -0.2) is 4.39 Å². The van der Waals surface area contributed by atoms with Gasteiger partial charge in [0.05, 0.1) is 0 Å². The summed E-state index contributed by atoms with van der Waals surface area (Å²) < 4.78 is 13.0. The number of nitrogens with two attached hydrogens (primary N) is 2. The molecule has 0 amide bonds. The van der Waals surface area contributed by atoms with Crippen molar-refractivity contribution in [1.82, 2.24) is 0 Å². The van der Waals surface area contributed by atoms with Crippen LogP contribution in [0.5, 0.6) is 0 Å². The fraction of sp³-hybridized carbons (Fsp3) is 0.333. The van der Waals surface area contributed by atoms with Crippen molar-refractivity contribution < 1.29 is 4.39 Å². The SMILES string of the molecule is NC[C@H](N)Cc1ccccc1F. The van der Waals surface area contributed by atoms with E-state index in [9.17, 15) is 4.39 Å². The minimum absolute atomic E-state index is 0.151. The molecule has 0 aliphatic heterocycles. The standard InChI is InChI=1S/C9H13FN2/c10-9-4-2-1-3-7(9)5-8(12)6-11/h1-4,8H,5-6,11-12H2/t8-/m1/s1. The van der Waals surface area contributed by atoms with E-state index < -0.39 is 0 Å². The second-order valence-corrected chi connectivity index (χ2v) is 2.79. The van der Waals surface area contributed by atoms with E-state index >= 15 is 0 Å². The van der Waals surface area contributed by atoms with Gasteiger partial charge in [0.25, 0.3) is 0 Å². The van der Waals surface area contributed by atoms with Crippen molar-refractivity contribution in [1.29, 1.82) is 0 Å². The maximum absolute atomic E-state index is 13.0. The molecule has 0 saturated heterocycles. The van der Waals surface area contributed by atoms with Crippen molar-refractivity contribution in [2.24, 2.45) is 11.5 Å². The van der Waals surface area contributed by atoms with Gasteiger partial charge < -0.3 is 11.5 Å². The fourth-order valence-electron chi connectivity index (χ4n) is 1.03. The molecule has 0 aliphatic rings. The maximum Gasteiger partial charge on any atom is 0.126 e. The molecule has 4 N–H and O–H groups in total. The molecule has 0 aliphatic carbocycles. The summed E-state index contributed by atoms with van der Waals surface area (Å²) in [6.45, 7) is 0.383. The smallest absolute Gasteiger partial charge is 0.126 e. The second-order valence-electron chi connectivity index (χ2n) is 2.79. The van der Waals surface area contributed by atoms with Crippen molar-refractivity contribution in [2.75, 3.05) is 6.54 Å². The number of hydrogen-bond acceptors (Lipinski definition) is 2. The Balaban J connectivity index is 2.69. The van der Waals surface area contributed by atoms with E-state index in [1.807, 2.05) is 0 Å². The van der Waals surface area contributed by atoms with Gasteiger partial charge in [0.1, 0.15) is 5.82 Å². The van der Waals surface area contributed by atoms with Crippen LogP contribution >= 0.6 is 0 Å². The van der Waals surface area contributed by atoms with Gasteiger partial charge in [0.15, 0.2) is 0 Å². The molecular weight excluding hydrogens is 155 g/mol. The molecule has 0 unspecified atom stereocenters. The third-order valence-electron chi connectivity index (χ3n) is 1.74. The number of hydrogen-bond donors (Lipinski definition) is 2. The quantitative estimate of drug-likeness (QED) is 0.696. The lowest BCUT2D eigenvalue weighted by molar-refractivity contribution is 0.588. The van der Waals surface area contributed by atoms with E-state index in [-0.39, 0.29) is 11.9 Å². The molecule has 12 heavy (non-hydrogen) atoms. The molecule has 66 valence electrons. The molecule has 1 aromatic rings. The van der Waals surface area contributed by atoms with Crippen LogP contribution in [0.1, 0.15) is 5.56 Å². The van der Waals surface area contributed by atoms with Crippen LogP contribution in [0, 0.1) is 5.82 Å². The minimum atomic E-state index is -0.207. The van der Waals surface area contributed by atoms with Gasteiger partial charge in [-0.2, -0.15) is 0 Å². The zero-order chi connectivity index (χ0) is 8.97. The third kappa shape index (κ3) is 2.29. The first-order valence-electron chi connectivity index (χ1n) is 3.93. The van der Waals surface area contributed by atoms with Gasteiger partial charge >= 0.3 is 0 Å². The summed E-state index contributed by atoms with van der Waals surface area (Å²) in [6.07, 6.45) is 0.503. The average molecular weight is 168 g/mol. The zero-order valence-corrected chi connectivity index (χ0v) is 6.83. The fourth-order valence-corrected chi connectivity index (χ4v) is 1.03. The molecule has 1 atom stereocenters. The Labute approximate surface area is 71.4 Å². The van der Waals surface area contributed by atoms with E-state index in [2.05, 4.69) is 0 Å². The minimum Gasteiger partial charge on any atom is -0.329 e. The highest BCUT2D eigenvalue weighted by molar-refractivity contribution is 5.18. The largest absolute Gasteiger partial charge is 0.329 e. The summed E-state index contributed by atoms with van der Waals surface area (Å²) in [5, 5.41) is 0. The van der Waals surface area contributed by atoms with Crippen molar-refractivity contribution in [3.63, 3.8) is 0 Å². The first-order valence-corrected chi connectivity index (χ1v) is 3.93. The van der Waals surface area contributed by atoms with Crippen LogP contribution in [0.2, 0.25) is 0 Å². The van der Waals surface area contributed by atoms with E-state index in [0.717, 1.165) is 0 Å². The summed E-state index contributed by atoms with van der Waals surface area (Å²) in [7, 11) is 0. The highest BCUT2D eigenvalue weighted by atomic mass is 19.1. The maximum atomic E-state index is 13.0. The lowest BCUT2D eigenvalue weighted by atomic mass is 10.1. The van der Waals surface area contributed by atoms with Gasteiger partial charge in [0, 0.05) is 12.6 Å². The Morgan fingerprint density at radius 3 is 2.58 bits per heavy atom. The van der Waals surface area contributed by atoms with Crippen LogP contribution in [0.4, 0.5) is 4.39 Å². The summed E-state index contributed by atoms with van der Waals surface area (Å²) in [6, 6.07) is 6.46. The van der Waals surface area contributed by atoms with Crippen LogP contribution in [-0.4, -0.2) is 12.6 Å². The molecule has 2 nitrogen and oxygen atoms in total. The Bertz CT molecular complexity index is 250. The van der Waals surface area contributed by atoms with Crippen molar-refractivity contribution in [3.05, 3.63) is 35.6 Å². The second kappa shape index (κ2) is 4.18. The van der Waals surface area contributed by atoms with Gasteiger partial charge in [-0.05, 0) is 18.1 Å². The molecule has 0 fully saturated rings. The Morgan fingerprint density at radius 1 is 1.33 bits per heavy atom. The van der Waals surface area contributed by atoms with Crippen LogP contribution in [0.15, 0.2) is 24.3 Å². The van der Waals surface area contributed by atoms with Crippen molar-refractivity contribution >= 4 is 0 Å². The monoisotopic (exact) mass is 168 g/mol. The Kier molecular flexibility index (Phi) is 3.19. The van der Waals surface area contributed by atoms with Crippen LogP contribution < -0.4 is 11.5 Å². The van der Waals surface area contributed by atoms with Gasteiger partial charge in [-0.3, -0.25) is 0 Å². The predicted octanol–water partition coefficient (Wildman–Crippen LogP) is 0.654. The molecule has 1 rings (SSSR count). The highest BCUT2D eigenvalue weighted by Crippen LogP contribution is 2.07. The summed E-state index contributed by atoms with van der Waals surface area (Å²) in [4.78, 5) is 0. The molecular formula is C9H13FN2. The average Bonchev–Trinajstić information content (AvgIpc) is 2.09. The third-order valence-corrected chi connectivity index (χ3v) is 1.74. The summed E-state index contributed by atoms with van der Waals surface area (Å²) in [5.41, 5.74) is 11.5. The van der Waals surface area contributed by atoms with E-state index in [4.69, 9.17) is 11.5 Å². The molecule has 0 radical (unpaired) electrons. The van der Waals surface area contributed by atoms with E-state index in [1.165, 1.54) is 6.07 Å². The van der Waals surface area contributed by atoms with Gasteiger partial charge in [-0.15, -0.1) is 0 Å². The number of benzene rings is 1. The normalized spacial score (nSPS) is 12.9. The number of halogens is 1. The van der Waals surface area contributed by atoms with Gasteiger partial charge in [-0.1, -0.05) is 18.2 Å². The molecule has 0 bridgehead atoms. The Morgan fingerprint density at radius 2 is 2.00 bits per heavy atom.